The fourth-order valence-corrected chi connectivity index (χ4v) is 3.00. The van der Waals surface area contributed by atoms with Gasteiger partial charge in [0.2, 0.25) is 0 Å². The molecule has 1 fully saturated rings. The number of hydrogen-bond donors (Lipinski definition) is 1. The summed E-state index contributed by atoms with van der Waals surface area (Å²) in [6.45, 7) is 0. The van der Waals surface area contributed by atoms with Gasteiger partial charge in [-0.2, -0.15) is 11.8 Å². The van der Waals surface area contributed by atoms with E-state index in [4.69, 9.17) is 5.11 Å². The quantitative estimate of drug-likeness (QED) is 0.869. The zero-order valence-electron chi connectivity index (χ0n) is 9.09. The normalized spacial score (nSPS) is 19.7. The Kier molecular flexibility index (Phi) is 3.33. The Hall–Kier alpha value is -1.23. The number of anilines is 1. The number of pyridine rings is 1. The highest BCUT2D eigenvalue weighted by Gasteiger charge is 2.21. The summed E-state index contributed by atoms with van der Waals surface area (Å²) >= 11 is 1.95. The van der Waals surface area contributed by atoms with Crippen LogP contribution in [0.4, 0.5) is 5.82 Å². The van der Waals surface area contributed by atoms with E-state index in [0.29, 0.717) is 6.04 Å². The summed E-state index contributed by atoms with van der Waals surface area (Å²) in [6, 6.07) is 3.89. The number of hydrogen-bond acceptors (Lipinski definition) is 4. The highest BCUT2D eigenvalue weighted by molar-refractivity contribution is 7.99. The molecule has 0 aliphatic carbocycles. The summed E-state index contributed by atoms with van der Waals surface area (Å²) < 4.78 is 0. The van der Waals surface area contributed by atoms with Crippen molar-refractivity contribution in [3.05, 3.63) is 23.9 Å². The lowest BCUT2D eigenvalue weighted by Crippen LogP contribution is -2.31. The van der Waals surface area contributed by atoms with Gasteiger partial charge in [0, 0.05) is 25.0 Å². The third-order valence-electron chi connectivity index (χ3n) is 2.81. The molecule has 0 spiro atoms. The van der Waals surface area contributed by atoms with E-state index >= 15 is 0 Å². The Balaban J connectivity index is 2.11. The monoisotopic (exact) mass is 238 g/mol. The molecule has 1 N–H and O–H groups in total. The second kappa shape index (κ2) is 4.74. The lowest BCUT2D eigenvalue weighted by molar-refractivity contribution is 0.0696. The molecule has 0 aromatic carbocycles. The summed E-state index contributed by atoms with van der Waals surface area (Å²) in [5, 5.41) is 8.77. The number of aromatic carboxylic acids is 1. The van der Waals surface area contributed by atoms with Gasteiger partial charge in [-0.1, -0.05) is 0 Å². The summed E-state index contributed by atoms with van der Waals surface area (Å²) in [7, 11) is 2.01. The van der Waals surface area contributed by atoms with Crippen molar-refractivity contribution in [1.29, 1.82) is 0 Å². The van der Waals surface area contributed by atoms with Gasteiger partial charge in [0.05, 0.1) is 5.56 Å². The average molecular weight is 238 g/mol. The zero-order chi connectivity index (χ0) is 11.5. The third-order valence-corrected chi connectivity index (χ3v) is 3.95. The number of carbonyl (C=O) groups is 1. The molecule has 4 nitrogen and oxygen atoms in total. The molecule has 1 aliphatic rings. The molecule has 0 saturated carbocycles. The number of carboxylic acid groups (broad SMARTS) is 1. The number of nitrogens with zero attached hydrogens (tertiary/aromatic N) is 2. The van der Waals surface area contributed by atoms with Gasteiger partial charge in [-0.3, -0.25) is 0 Å². The molecule has 1 atom stereocenters. The van der Waals surface area contributed by atoms with E-state index in [2.05, 4.69) is 9.88 Å². The Morgan fingerprint density at radius 1 is 1.62 bits per heavy atom. The van der Waals surface area contributed by atoms with Crippen LogP contribution in [0.5, 0.6) is 0 Å². The van der Waals surface area contributed by atoms with E-state index in [1.165, 1.54) is 18.4 Å². The van der Waals surface area contributed by atoms with Gasteiger partial charge >= 0.3 is 5.97 Å². The van der Waals surface area contributed by atoms with Gasteiger partial charge in [0.15, 0.2) is 0 Å². The predicted molar refractivity (Wildman–Crippen MR) is 65.3 cm³/mol. The van der Waals surface area contributed by atoms with Gasteiger partial charge < -0.3 is 10.0 Å². The minimum absolute atomic E-state index is 0.234. The summed E-state index contributed by atoms with van der Waals surface area (Å²) in [4.78, 5) is 17.0. The standard InChI is InChI=1S/C11H14N2O2S/c1-13(9-4-5-16-7-9)10-3-2-8(6-12-10)11(14)15/h2-3,6,9H,4-5,7H2,1H3,(H,14,15)/t9-/m1/s1. The van der Waals surface area contributed by atoms with E-state index in [1.807, 2.05) is 18.8 Å². The first kappa shape index (κ1) is 11.3. The predicted octanol–water partition coefficient (Wildman–Crippen LogP) is 1.72. The zero-order valence-corrected chi connectivity index (χ0v) is 9.91. The van der Waals surface area contributed by atoms with Gasteiger partial charge in [0.25, 0.3) is 0 Å². The van der Waals surface area contributed by atoms with Crippen molar-refractivity contribution in [2.45, 2.75) is 12.5 Å². The van der Waals surface area contributed by atoms with Gasteiger partial charge in [-0.15, -0.1) is 0 Å². The highest BCUT2D eigenvalue weighted by Crippen LogP contribution is 2.24. The highest BCUT2D eigenvalue weighted by atomic mass is 32.2. The molecule has 2 rings (SSSR count). The van der Waals surface area contributed by atoms with Crippen LogP contribution >= 0.6 is 11.8 Å². The van der Waals surface area contributed by atoms with E-state index in [-0.39, 0.29) is 5.56 Å². The Bertz CT molecular complexity index is 374. The topological polar surface area (TPSA) is 53.4 Å². The Labute approximate surface area is 98.7 Å². The van der Waals surface area contributed by atoms with E-state index in [0.717, 1.165) is 11.6 Å². The van der Waals surface area contributed by atoms with Crippen molar-refractivity contribution < 1.29 is 9.90 Å². The molecule has 86 valence electrons. The van der Waals surface area contributed by atoms with Crippen molar-refractivity contribution in [3.63, 3.8) is 0 Å². The van der Waals surface area contributed by atoms with Crippen LogP contribution in [0.3, 0.4) is 0 Å². The molecule has 16 heavy (non-hydrogen) atoms. The maximum Gasteiger partial charge on any atom is 0.337 e. The van der Waals surface area contributed by atoms with Crippen LogP contribution in [-0.2, 0) is 0 Å². The minimum Gasteiger partial charge on any atom is -0.478 e. The molecule has 1 aliphatic heterocycles. The molecule has 2 heterocycles. The molecule has 1 saturated heterocycles. The van der Waals surface area contributed by atoms with E-state index in [9.17, 15) is 4.79 Å². The first-order valence-electron chi connectivity index (χ1n) is 5.18. The number of aromatic nitrogens is 1. The molecule has 0 unspecified atom stereocenters. The maximum atomic E-state index is 10.7. The van der Waals surface area contributed by atoms with Crippen LogP contribution in [0.1, 0.15) is 16.8 Å². The maximum absolute atomic E-state index is 10.7. The summed E-state index contributed by atoms with van der Waals surface area (Å²) in [5.74, 6) is 2.23. The third kappa shape index (κ3) is 2.29. The molecule has 1 aromatic heterocycles. The van der Waals surface area contributed by atoms with Gasteiger partial charge in [-0.25, -0.2) is 9.78 Å². The molecular weight excluding hydrogens is 224 g/mol. The second-order valence-corrected chi connectivity index (χ2v) is 4.99. The number of carboxylic acids is 1. The van der Waals surface area contributed by atoms with Crippen molar-refractivity contribution in [3.8, 4) is 0 Å². The molecule has 5 heteroatoms. The number of thioether (sulfide) groups is 1. The second-order valence-electron chi connectivity index (χ2n) is 3.84. The summed E-state index contributed by atoms with van der Waals surface area (Å²) in [6.07, 6.45) is 2.58. The van der Waals surface area contributed by atoms with Crippen LogP contribution in [0.2, 0.25) is 0 Å². The van der Waals surface area contributed by atoms with Crippen molar-refractivity contribution in [1.82, 2.24) is 4.98 Å². The molecule has 0 bridgehead atoms. The Morgan fingerprint density at radius 3 is 2.94 bits per heavy atom. The van der Waals surface area contributed by atoms with Crippen LogP contribution in [0.15, 0.2) is 18.3 Å². The average Bonchev–Trinajstić information content (AvgIpc) is 2.81. The SMILES string of the molecule is CN(c1ccc(C(=O)O)cn1)[C@@H]1CCSC1. The molecule has 0 radical (unpaired) electrons. The first-order valence-corrected chi connectivity index (χ1v) is 6.34. The van der Waals surface area contributed by atoms with Crippen molar-refractivity contribution >= 4 is 23.5 Å². The van der Waals surface area contributed by atoms with Gasteiger partial charge in [0.1, 0.15) is 5.82 Å². The summed E-state index contributed by atoms with van der Waals surface area (Å²) in [5.41, 5.74) is 0.234. The van der Waals surface area contributed by atoms with Crippen LogP contribution in [0, 0.1) is 0 Å². The van der Waals surface area contributed by atoms with Crippen molar-refractivity contribution in [2.75, 3.05) is 23.5 Å². The minimum atomic E-state index is -0.932. The molecule has 0 amide bonds. The van der Waals surface area contributed by atoms with Crippen LogP contribution in [0.25, 0.3) is 0 Å². The van der Waals surface area contributed by atoms with Crippen LogP contribution in [-0.4, -0.2) is 40.7 Å². The lowest BCUT2D eigenvalue weighted by atomic mass is 10.2. The van der Waals surface area contributed by atoms with Crippen molar-refractivity contribution in [2.24, 2.45) is 0 Å². The number of rotatable bonds is 3. The smallest absolute Gasteiger partial charge is 0.337 e. The molecular formula is C11H14N2O2S. The fraction of sp³-hybridized carbons (Fsp3) is 0.455. The Morgan fingerprint density at radius 2 is 2.44 bits per heavy atom. The lowest BCUT2D eigenvalue weighted by Gasteiger charge is -2.24. The van der Waals surface area contributed by atoms with E-state index < -0.39 is 5.97 Å². The largest absolute Gasteiger partial charge is 0.478 e. The van der Waals surface area contributed by atoms with Gasteiger partial charge in [-0.05, 0) is 24.3 Å². The molecule has 1 aromatic rings. The first-order chi connectivity index (χ1) is 7.68. The van der Waals surface area contributed by atoms with E-state index in [1.54, 1.807) is 12.1 Å². The fourth-order valence-electron chi connectivity index (χ4n) is 1.74. The van der Waals surface area contributed by atoms with Crippen LogP contribution < -0.4 is 4.90 Å².